The number of rotatable bonds is 3. The maximum atomic E-state index is 12.2. The first kappa shape index (κ1) is 15.5. The quantitative estimate of drug-likeness (QED) is 0.747. The molecular formula is C19H15N3O2S. The van der Waals surface area contributed by atoms with Crippen LogP contribution in [0, 0.1) is 0 Å². The average Bonchev–Trinajstić information content (AvgIpc) is 3.21. The van der Waals surface area contributed by atoms with E-state index in [0.717, 1.165) is 22.5 Å². The Balaban J connectivity index is 1.56. The van der Waals surface area contributed by atoms with E-state index >= 15 is 0 Å². The molecule has 124 valence electrons. The summed E-state index contributed by atoms with van der Waals surface area (Å²) in [5.74, 6) is -0.328. The zero-order valence-electron chi connectivity index (χ0n) is 13.4. The molecule has 0 unspecified atom stereocenters. The van der Waals surface area contributed by atoms with E-state index in [1.807, 2.05) is 48.7 Å². The van der Waals surface area contributed by atoms with Gasteiger partial charge in [0.1, 0.15) is 0 Å². The molecule has 0 fully saturated rings. The van der Waals surface area contributed by atoms with Crippen molar-refractivity contribution in [1.29, 1.82) is 0 Å². The number of benzene rings is 2. The highest BCUT2D eigenvalue weighted by molar-refractivity contribution is 7.14. The van der Waals surface area contributed by atoms with Gasteiger partial charge in [0.25, 0.3) is 5.91 Å². The topological polar surface area (TPSA) is 71.1 Å². The lowest BCUT2D eigenvalue weighted by Gasteiger charge is -2.04. The molecule has 2 amide bonds. The van der Waals surface area contributed by atoms with Gasteiger partial charge in [-0.1, -0.05) is 24.3 Å². The number of thiazole rings is 1. The summed E-state index contributed by atoms with van der Waals surface area (Å²) in [5, 5.41) is 8.13. The summed E-state index contributed by atoms with van der Waals surface area (Å²) in [6.07, 6.45) is 0. The molecule has 1 aromatic heterocycles. The van der Waals surface area contributed by atoms with Crippen LogP contribution in [0.5, 0.6) is 0 Å². The van der Waals surface area contributed by atoms with Crippen LogP contribution in [0.3, 0.4) is 0 Å². The van der Waals surface area contributed by atoms with E-state index in [1.54, 1.807) is 12.1 Å². The van der Waals surface area contributed by atoms with Crippen molar-refractivity contribution in [2.24, 2.45) is 0 Å². The van der Waals surface area contributed by atoms with Crippen LogP contribution in [0.2, 0.25) is 0 Å². The van der Waals surface area contributed by atoms with Gasteiger partial charge in [-0.05, 0) is 36.8 Å². The van der Waals surface area contributed by atoms with Crippen molar-refractivity contribution in [3.05, 3.63) is 65.0 Å². The van der Waals surface area contributed by atoms with E-state index in [1.165, 1.54) is 11.3 Å². The molecule has 4 rings (SSSR count). The SMILES string of the molecule is C[C@H]1C(=O)Nc2ccc(-c3csc(NC(=O)c4ccccc4)n3)cc21. The number of amides is 2. The summed E-state index contributed by atoms with van der Waals surface area (Å²) in [5.41, 5.74) is 4.14. The number of nitrogens with one attached hydrogen (secondary N) is 2. The Morgan fingerprint density at radius 1 is 1.20 bits per heavy atom. The van der Waals surface area contributed by atoms with Crippen molar-refractivity contribution in [3.8, 4) is 11.3 Å². The van der Waals surface area contributed by atoms with Crippen LogP contribution in [0.4, 0.5) is 10.8 Å². The summed E-state index contributed by atoms with van der Waals surface area (Å²) in [7, 11) is 0. The van der Waals surface area contributed by atoms with Gasteiger partial charge in [0.2, 0.25) is 5.91 Å². The fourth-order valence-corrected chi connectivity index (χ4v) is 3.51. The van der Waals surface area contributed by atoms with Gasteiger partial charge in [0.05, 0.1) is 11.6 Å². The molecule has 25 heavy (non-hydrogen) atoms. The fourth-order valence-electron chi connectivity index (χ4n) is 2.80. The van der Waals surface area contributed by atoms with Gasteiger partial charge in [-0.3, -0.25) is 14.9 Å². The van der Waals surface area contributed by atoms with E-state index in [-0.39, 0.29) is 17.7 Å². The highest BCUT2D eigenvalue weighted by Crippen LogP contribution is 2.36. The highest BCUT2D eigenvalue weighted by atomic mass is 32.1. The number of hydrogen-bond acceptors (Lipinski definition) is 4. The average molecular weight is 349 g/mol. The lowest BCUT2D eigenvalue weighted by molar-refractivity contribution is -0.116. The first-order chi connectivity index (χ1) is 12.1. The minimum atomic E-state index is -0.182. The largest absolute Gasteiger partial charge is 0.325 e. The first-order valence-corrected chi connectivity index (χ1v) is 8.77. The monoisotopic (exact) mass is 349 g/mol. The third-order valence-electron chi connectivity index (χ3n) is 4.23. The number of carbonyl (C=O) groups is 2. The number of aromatic nitrogens is 1. The molecule has 0 spiro atoms. The maximum absolute atomic E-state index is 12.2. The molecule has 2 heterocycles. The third-order valence-corrected chi connectivity index (χ3v) is 4.98. The van der Waals surface area contributed by atoms with E-state index in [0.29, 0.717) is 10.7 Å². The molecule has 0 saturated carbocycles. The standard InChI is InChI=1S/C19H15N3O2S/c1-11-14-9-13(7-8-15(14)20-17(11)23)16-10-25-19(21-16)22-18(24)12-5-3-2-4-6-12/h2-11H,1H3,(H,20,23)(H,21,22,24)/t11-/m1/s1. The number of nitrogens with zero attached hydrogens (tertiary/aromatic N) is 1. The predicted octanol–water partition coefficient (Wildman–Crippen LogP) is 4.12. The smallest absolute Gasteiger partial charge is 0.257 e. The zero-order valence-corrected chi connectivity index (χ0v) is 14.3. The molecule has 3 aromatic rings. The maximum Gasteiger partial charge on any atom is 0.257 e. The lowest BCUT2D eigenvalue weighted by Crippen LogP contribution is -2.11. The van der Waals surface area contributed by atoms with Crippen molar-refractivity contribution in [2.75, 3.05) is 10.6 Å². The van der Waals surface area contributed by atoms with E-state index in [2.05, 4.69) is 15.6 Å². The van der Waals surface area contributed by atoms with Crippen LogP contribution in [0.15, 0.2) is 53.9 Å². The second-order valence-corrected chi connectivity index (χ2v) is 6.73. The third kappa shape index (κ3) is 2.92. The Morgan fingerprint density at radius 2 is 2.00 bits per heavy atom. The predicted molar refractivity (Wildman–Crippen MR) is 99.0 cm³/mol. The van der Waals surface area contributed by atoms with Crippen LogP contribution in [-0.2, 0) is 4.79 Å². The van der Waals surface area contributed by atoms with Crippen LogP contribution in [0.25, 0.3) is 11.3 Å². The fraction of sp³-hybridized carbons (Fsp3) is 0.105. The summed E-state index contributed by atoms with van der Waals surface area (Å²) in [6, 6.07) is 14.8. The molecule has 2 N–H and O–H groups in total. The van der Waals surface area contributed by atoms with Crippen LogP contribution >= 0.6 is 11.3 Å². The Bertz CT molecular complexity index is 966. The molecule has 0 radical (unpaired) electrons. The van der Waals surface area contributed by atoms with Gasteiger partial charge in [0.15, 0.2) is 5.13 Å². The molecule has 0 bridgehead atoms. The molecule has 6 heteroatoms. The van der Waals surface area contributed by atoms with Crippen molar-refractivity contribution >= 4 is 34.0 Å². The molecule has 5 nitrogen and oxygen atoms in total. The van der Waals surface area contributed by atoms with E-state index < -0.39 is 0 Å². The van der Waals surface area contributed by atoms with Crippen molar-refractivity contribution in [1.82, 2.24) is 4.98 Å². The van der Waals surface area contributed by atoms with Crippen LogP contribution in [0.1, 0.15) is 28.8 Å². The van der Waals surface area contributed by atoms with Crippen molar-refractivity contribution in [2.45, 2.75) is 12.8 Å². The van der Waals surface area contributed by atoms with Gasteiger partial charge < -0.3 is 5.32 Å². The molecule has 1 atom stereocenters. The molecular weight excluding hydrogens is 334 g/mol. The lowest BCUT2D eigenvalue weighted by atomic mass is 10.00. The van der Waals surface area contributed by atoms with Crippen LogP contribution in [-0.4, -0.2) is 16.8 Å². The van der Waals surface area contributed by atoms with E-state index in [4.69, 9.17) is 0 Å². The minimum Gasteiger partial charge on any atom is -0.325 e. The van der Waals surface area contributed by atoms with Gasteiger partial charge in [0, 0.05) is 22.2 Å². The second kappa shape index (κ2) is 6.14. The zero-order chi connectivity index (χ0) is 17.4. The second-order valence-electron chi connectivity index (χ2n) is 5.87. The van der Waals surface area contributed by atoms with Gasteiger partial charge in [-0.25, -0.2) is 4.98 Å². The van der Waals surface area contributed by atoms with Gasteiger partial charge in [-0.15, -0.1) is 11.3 Å². The molecule has 0 aliphatic carbocycles. The number of fused-ring (bicyclic) bond motifs is 1. The van der Waals surface area contributed by atoms with Gasteiger partial charge >= 0.3 is 0 Å². The van der Waals surface area contributed by atoms with E-state index in [9.17, 15) is 9.59 Å². The summed E-state index contributed by atoms with van der Waals surface area (Å²) in [4.78, 5) is 28.5. The van der Waals surface area contributed by atoms with Crippen LogP contribution < -0.4 is 10.6 Å². The minimum absolute atomic E-state index is 0.0150. The van der Waals surface area contributed by atoms with Crippen molar-refractivity contribution < 1.29 is 9.59 Å². The normalized spacial score (nSPS) is 15.6. The molecule has 1 aliphatic rings. The number of hydrogen-bond donors (Lipinski definition) is 2. The van der Waals surface area contributed by atoms with Gasteiger partial charge in [-0.2, -0.15) is 0 Å². The Labute approximate surface area is 148 Å². The Kier molecular flexibility index (Phi) is 3.82. The molecule has 1 aliphatic heterocycles. The summed E-state index contributed by atoms with van der Waals surface area (Å²) >= 11 is 1.38. The number of anilines is 2. The van der Waals surface area contributed by atoms with Crippen molar-refractivity contribution in [3.63, 3.8) is 0 Å². The Hall–Kier alpha value is -2.99. The summed E-state index contributed by atoms with van der Waals surface area (Å²) in [6.45, 7) is 1.89. The molecule has 2 aromatic carbocycles. The number of carbonyl (C=O) groups excluding carboxylic acids is 2. The summed E-state index contributed by atoms with van der Waals surface area (Å²) < 4.78 is 0. The highest BCUT2D eigenvalue weighted by Gasteiger charge is 2.26. The first-order valence-electron chi connectivity index (χ1n) is 7.89. The molecule has 0 saturated heterocycles. The Morgan fingerprint density at radius 3 is 2.80 bits per heavy atom.